The Balaban J connectivity index is 1.75. The number of rotatable bonds is 3. The lowest BCUT2D eigenvalue weighted by Crippen LogP contribution is -2.17. The average Bonchev–Trinajstić information content (AvgIpc) is 3.02. The number of carbonyl (C=O) groups excluding carboxylic acids is 1. The van der Waals surface area contributed by atoms with Gasteiger partial charge in [-0.3, -0.25) is 4.79 Å². The zero-order valence-electron chi connectivity index (χ0n) is 11.8. The van der Waals surface area contributed by atoms with E-state index in [9.17, 15) is 4.79 Å². The number of hydrazone groups is 1. The van der Waals surface area contributed by atoms with Crippen molar-refractivity contribution in [2.75, 3.05) is 0 Å². The van der Waals surface area contributed by atoms with Gasteiger partial charge in [-0.2, -0.15) is 5.10 Å². The van der Waals surface area contributed by atoms with Crippen molar-refractivity contribution in [3.05, 3.63) is 59.2 Å². The first-order valence-corrected chi connectivity index (χ1v) is 6.61. The Hall–Kier alpha value is -2.82. The number of nitrogens with zero attached hydrogens (tertiary/aromatic N) is 1. The van der Waals surface area contributed by atoms with E-state index in [1.54, 1.807) is 26.1 Å². The highest BCUT2D eigenvalue weighted by molar-refractivity contribution is 6.00. The van der Waals surface area contributed by atoms with E-state index in [2.05, 4.69) is 15.5 Å². The highest BCUT2D eigenvalue weighted by Crippen LogP contribution is 2.16. The Morgan fingerprint density at radius 3 is 2.90 bits per heavy atom. The maximum absolute atomic E-state index is 12.0. The molecule has 0 saturated heterocycles. The van der Waals surface area contributed by atoms with E-state index in [4.69, 9.17) is 4.42 Å². The first-order valence-electron chi connectivity index (χ1n) is 6.61. The summed E-state index contributed by atoms with van der Waals surface area (Å²) in [4.78, 5) is 15.1. The van der Waals surface area contributed by atoms with Crippen LogP contribution in [0.5, 0.6) is 0 Å². The van der Waals surface area contributed by atoms with Gasteiger partial charge in [0.2, 0.25) is 0 Å². The van der Waals surface area contributed by atoms with Gasteiger partial charge >= 0.3 is 0 Å². The number of aromatic amines is 1. The number of aryl methyl sites for hydroxylation is 2. The Morgan fingerprint density at radius 1 is 1.33 bits per heavy atom. The summed E-state index contributed by atoms with van der Waals surface area (Å²) in [7, 11) is 0. The van der Waals surface area contributed by atoms with Gasteiger partial charge in [0.25, 0.3) is 5.91 Å². The molecule has 3 aromatic rings. The van der Waals surface area contributed by atoms with Crippen LogP contribution >= 0.6 is 0 Å². The van der Waals surface area contributed by atoms with E-state index in [1.807, 2.05) is 30.5 Å². The molecule has 0 radical (unpaired) electrons. The molecule has 2 heterocycles. The standard InChI is InChI=1S/C16H15N3O2/c1-10-7-14(11(2)21-10)16(20)19-18-9-12-8-17-15-6-4-3-5-13(12)15/h3-9,17H,1-2H3,(H,19,20). The number of hydrogen-bond donors (Lipinski definition) is 2. The summed E-state index contributed by atoms with van der Waals surface area (Å²) < 4.78 is 5.33. The van der Waals surface area contributed by atoms with Crippen molar-refractivity contribution in [1.82, 2.24) is 10.4 Å². The Labute approximate surface area is 121 Å². The second kappa shape index (κ2) is 5.28. The first kappa shape index (κ1) is 13.2. The van der Waals surface area contributed by atoms with E-state index in [-0.39, 0.29) is 5.91 Å². The topological polar surface area (TPSA) is 70.4 Å². The molecule has 0 aliphatic rings. The highest BCUT2D eigenvalue weighted by Gasteiger charge is 2.12. The monoisotopic (exact) mass is 281 g/mol. The molecule has 5 nitrogen and oxygen atoms in total. The van der Waals surface area contributed by atoms with Crippen molar-refractivity contribution < 1.29 is 9.21 Å². The molecule has 2 aromatic heterocycles. The Morgan fingerprint density at radius 2 is 2.14 bits per heavy atom. The molecule has 1 amide bonds. The van der Waals surface area contributed by atoms with Crippen molar-refractivity contribution in [3.63, 3.8) is 0 Å². The molecule has 3 rings (SSSR count). The van der Waals surface area contributed by atoms with E-state index >= 15 is 0 Å². The van der Waals surface area contributed by atoms with Crippen LogP contribution in [0.3, 0.4) is 0 Å². The van der Waals surface area contributed by atoms with Crippen LogP contribution in [0.1, 0.15) is 27.4 Å². The maximum Gasteiger partial charge on any atom is 0.274 e. The normalized spacial score (nSPS) is 11.3. The molecule has 0 fully saturated rings. The van der Waals surface area contributed by atoms with Gasteiger partial charge < -0.3 is 9.40 Å². The zero-order chi connectivity index (χ0) is 14.8. The molecule has 21 heavy (non-hydrogen) atoms. The zero-order valence-corrected chi connectivity index (χ0v) is 11.8. The molecule has 5 heteroatoms. The molecule has 1 aromatic carbocycles. The van der Waals surface area contributed by atoms with Crippen LogP contribution < -0.4 is 5.43 Å². The number of H-pyrrole nitrogens is 1. The third-order valence-corrected chi connectivity index (χ3v) is 3.28. The Kier molecular flexibility index (Phi) is 3.31. The van der Waals surface area contributed by atoms with Crippen LogP contribution in [0.25, 0.3) is 10.9 Å². The van der Waals surface area contributed by atoms with Gasteiger partial charge in [-0.15, -0.1) is 0 Å². The predicted molar refractivity (Wildman–Crippen MR) is 81.5 cm³/mol. The lowest BCUT2D eigenvalue weighted by molar-refractivity contribution is 0.0953. The Bertz CT molecular complexity index is 827. The summed E-state index contributed by atoms with van der Waals surface area (Å²) in [5, 5.41) is 5.07. The summed E-state index contributed by atoms with van der Waals surface area (Å²) in [6, 6.07) is 9.61. The lowest BCUT2D eigenvalue weighted by atomic mass is 10.2. The summed E-state index contributed by atoms with van der Waals surface area (Å²) in [5.41, 5.74) is 4.97. The molecule has 0 bridgehead atoms. The summed E-state index contributed by atoms with van der Waals surface area (Å²) in [5.74, 6) is 1.02. The molecule has 0 aliphatic carbocycles. The minimum atomic E-state index is -0.277. The van der Waals surface area contributed by atoms with E-state index < -0.39 is 0 Å². The molecule has 0 spiro atoms. The molecule has 106 valence electrons. The van der Waals surface area contributed by atoms with Crippen molar-refractivity contribution in [2.45, 2.75) is 13.8 Å². The van der Waals surface area contributed by atoms with Crippen LogP contribution in [0, 0.1) is 13.8 Å². The third-order valence-electron chi connectivity index (χ3n) is 3.28. The number of benzene rings is 1. The number of hydrogen-bond acceptors (Lipinski definition) is 3. The van der Waals surface area contributed by atoms with Crippen LogP contribution in [0.4, 0.5) is 0 Å². The van der Waals surface area contributed by atoms with Crippen LogP contribution in [0.15, 0.2) is 46.0 Å². The van der Waals surface area contributed by atoms with Gasteiger partial charge in [0.05, 0.1) is 11.8 Å². The van der Waals surface area contributed by atoms with Gasteiger partial charge in [0.1, 0.15) is 11.5 Å². The van der Waals surface area contributed by atoms with Crippen molar-refractivity contribution in [2.24, 2.45) is 5.10 Å². The van der Waals surface area contributed by atoms with Crippen molar-refractivity contribution in [1.29, 1.82) is 0 Å². The fourth-order valence-corrected chi connectivity index (χ4v) is 2.28. The third kappa shape index (κ3) is 2.58. The lowest BCUT2D eigenvalue weighted by Gasteiger charge is -1.96. The van der Waals surface area contributed by atoms with Crippen molar-refractivity contribution >= 4 is 23.0 Å². The second-order valence-corrected chi connectivity index (χ2v) is 4.82. The number of amides is 1. The summed E-state index contributed by atoms with van der Waals surface area (Å²) in [6.07, 6.45) is 3.48. The molecule has 0 atom stereocenters. The van der Waals surface area contributed by atoms with E-state index in [0.29, 0.717) is 17.1 Å². The molecular weight excluding hydrogens is 266 g/mol. The predicted octanol–water partition coefficient (Wildman–Crippen LogP) is 3.14. The maximum atomic E-state index is 12.0. The quantitative estimate of drug-likeness (QED) is 0.572. The van der Waals surface area contributed by atoms with E-state index in [1.165, 1.54) is 0 Å². The minimum absolute atomic E-state index is 0.277. The molecule has 0 saturated carbocycles. The fraction of sp³-hybridized carbons (Fsp3) is 0.125. The fourth-order valence-electron chi connectivity index (χ4n) is 2.28. The number of carbonyl (C=O) groups is 1. The smallest absolute Gasteiger partial charge is 0.274 e. The number of furan rings is 1. The number of fused-ring (bicyclic) bond motifs is 1. The molecule has 0 aliphatic heterocycles. The summed E-state index contributed by atoms with van der Waals surface area (Å²) in [6.45, 7) is 3.56. The van der Waals surface area contributed by atoms with Gasteiger partial charge in [-0.25, -0.2) is 5.43 Å². The largest absolute Gasteiger partial charge is 0.466 e. The number of para-hydroxylation sites is 1. The SMILES string of the molecule is Cc1cc(C(=O)NN=Cc2c[nH]c3ccccc23)c(C)o1. The van der Waals surface area contributed by atoms with E-state index in [0.717, 1.165) is 16.5 Å². The van der Waals surface area contributed by atoms with Gasteiger partial charge in [0, 0.05) is 22.7 Å². The van der Waals surface area contributed by atoms with Crippen LogP contribution in [0.2, 0.25) is 0 Å². The number of nitrogens with one attached hydrogen (secondary N) is 2. The van der Waals surface area contributed by atoms with Crippen LogP contribution in [-0.4, -0.2) is 17.1 Å². The first-order chi connectivity index (χ1) is 10.1. The van der Waals surface area contributed by atoms with Crippen molar-refractivity contribution in [3.8, 4) is 0 Å². The summed E-state index contributed by atoms with van der Waals surface area (Å²) >= 11 is 0. The molecule has 2 N–H and O–H groups in total. The highest BCUT2D eigenvalue weighted by atomic mass is 16.3. The van der Waals surface area contributed by atoms with Crippen LogP contribution in [-0.2, 0) is 0 Å². The average molecular weight is 281 g/mol. The number of aromatic nitrogens is 1. The molecular formula is C16H15N3O2. The minimum Gasteiger partial charge on any atom is -0.466 e. The van der Waals surface area contributed by atoms with Gasteiger partial charge in [0.15, 0.2) is 0 Å². The van der Waals surface area contributed by atoms with Gasteiger partial charge in [-0.1, -0.05) is 18.2 Å². The van der Waals surface area contributed by atoms with Gasteiger partial charge in [-0.05, 0) is 26.0 Å². The molecule has 0 unspecified atom stereocenters. The second-order valence-electron chi connectivity index (χ2n) is 4.82.